The average Bonchev–Trinajstić information content (AvgIpc) is 2.84. The third kappa shape index (κ3) is 9.86. The Hall–Kier alpha value is -3.66. The molecule has 1 saturated heterocycles. The van der Waals surface area contributed by atoms with E-state index in [1.165, 1.54) is 0 Å². The normalized spacial score (nSPS) is 15.7. The van der Waals surface area contributed by atoms with E-state index in [2.05, 4.69) is 45.4 Å². The van der Waals surface area contributed by atoms with Crippen molar-refractivity contribution in [1.29, 1.82) is 0 Å². The highest BCUT2D eigenvalue weighted by Crippen LogP contribution is 2.23. The standard InChI is InChI=1S/C29H41N5O5/c1-28(2,3)38-24(35)19-31-33-26(36)32-25(21-14-16-34(17-15-21)27(37)39-29(4,5)6)30-18-22-12-9-11-20-10-7-8-13-23(20)22/h7-13,19,21,25,30H,14-18H2,1-6H3,(H2,32,33,36)/b31-19+. The summed E-state index contributed by atoms with van der Waals surface area (Å²) in [6.07, 6.45) is 1.55. The Morgan fingerprint density at radius 3 is 2.28 bits per heavy atom. The molecule has 0 spiro atoms. The zero-order chi connectivity index (χ0) is 28.6. The van der Waals surface area contributed by atoms with Crippen LogP contribution in [0.15, 0.2) is 47.6 Å². The largest absolute Gasteiger partial charge is 0.456 e. The number of ether oxygens (including phenoxy) is 2. The second kappa shape index (κ2) is 12.9. The molecular weight excluding hydrogens is 498 g/mol. The number of fused-ring (bicyclic) bond motifs is 1. The number of hydrogen-bond acceptors (Lipinski definition) is 7. The Morgan fingerprint density at radius 1 is 0.974 bits per heavy atom. The van der Waals surface area contributed by atoms with E-state index in [-0.39, 0.29) is 12.0 Å². The van der Waals surface area contributed by atoms with Gasteiger partial charge in [-0.2, -0.15) is 5.10 Å². The van der Waals surface area contributed by atoms with Crippen LogP contribution in [-0.2, 0) is 20.8 Å². The van der Waals surface area contributed by atoms with Crippen LogP contribution in [-0.4, -0.2) is 59.7 Å². The molecule has 10 nitrogen and oxygen atoms in total. The van der Waals surface area contributed by atoms with Gasteiger partial charge in [-0.25, -0.2) is 19.8 Å². The van der Waals surface area contributed by atoms with Crippen molar-refractivity contribution in [3.8, 4) is 0 Å². The van der Waals surface area contributed by atoms with Crippen LogP contribution in [0.3, 0.4) is 0 Å². The topological polar surface area (TPSA) is 121 Å². The van der Waals surface area contributed by atoms with Crippen LogP contribution >= 0.6 is 0 Å². The summed E-state index contributed by atoms with van der Waals surface area (Å²) in [5.74, 6) is -0.595. The highest BCUT2D eigenvalue weighted by atomic mass is 16.6. The number of hydrazone groups is 1. The molecule has 1 heterocycles. The highest BCUT2D eigenvalue weighted by molar-refractivity contribution is 6.23. The average molecular weight is 540 g/mol. The van der Waals surface area contributed by atoms with Crippen LogP contribution in [0.4, 0.5) is 9.59 Å². The number of carbonyl (C=O) groups is 3. The van der Waals surface area contributed by atoms with Crippen molar-refractivity contribution in [3.05, 3.63) is 48.0 Å². The van der Waals surface area contributed by atoms with Crippen molar-refractivity contribution in [2.24, 2.45) is 11.0 Å². The number of piperidine rings is 1. The summed E-state index contributed by atoms with van der Waals surface area (Å²) in [4.78, 5) is 38.8. The van der Waals surface area contributed by atoms with E-state index in [0.29, 0.717) is 32.5 Å². The van der Waals surface area contributed by atoms with Gasteiger partial charge < -0.3 is 19.7 Å². The van der Waals surface area contributed by atoms with Gasteiger partial charge in [0, 0.05) is 19.6 Å². The zero-order valence-corrected chi connectivity index (χ0v) is 23.7. The van der Waals surface area contributed by atoms with E-state index in [1.54, 1.807) is 25.7 Å². The second-order valence-corrected chi connectivity index (χ2v) is 11.7. The number of nitrogens with zero attached hydrogens (tertiary/aromatic N) is 2. The maximum atomic E-state index is 12.7. The van der Waals surface area contributed by atoms with Crippen molar-refractivity contribution in [3.63, 3.8) is 0 Å². The summed E-state index contributed by atoms with van der Waals surface area (Å²) < 4.78 is 10.7. The number of benzene rings is 2. The van der Waals surface area contributed by atoms with Crippen molar-refractivity contribution in [2.75, 3.05) is 13.1 Å². The number of esters is 1. The third-order valence-corrected chi connectivity index (χ3v) is 6.08. The molecule has 1 fully saturated rings. The maximum Gasteiger partial charge on any atom is 0.410 e. The van der Waals surface area contributed by atoms with E-state index < -0.39 is 29.4 Å². The fraction of sp³-hybridized carbons (Fsp3) is 0.517. The summed E-state index contributed by atoms with van der Waals surface area (Å²) in [5.41, 5.74) is 2.23. The molecular formula is C29H41N5O5. The lowest BCUT2D eigenvalue weighted by molar-refractivity contribution is -0.145. The Kier molecular flexibility index (Phi) is 9.91. The smallest absolute Gasteiger partial charge is 0.410 e. The van der Waals surface area contributed by atoms with Gasteiger partial charge in [-0.3, -0.25) is 5.32 Å². The van der Waals surface area contributed by atoms with Gasteiger partial charge >= 0.3 is 18.1 Å². The number of urea groups is 1. The minimum Gasteiger partial charge on any atom is -0.456 e. The Morgan fingerprint density at radius 2 is 1.62 bits per heavy atom. The molecule has 39 heavy (non-hydrogen) atoms. The Balaban J connectivity index is 1.66. The van der Waals surface area contributed by atoms with Gasteiger partial charge in [0.25, 0.3) is 0 Å². The molecule has 0 radical (unpaired) electrons. The molecule has 1 aliphatic heterocycles. The maximum absolute atomic E-state index is 12.7. The lowest BCUT2D eigenvalue weighted by Gasteiger charge is -2.37. The SMILES string of the molecule is CC(C)(C)OC(=O)/C=N/NC(=O)NC(NCc1cccc2ccccc12)C1CCN(C(=O)OC(C)(C)C)CC1. The molecule has 1 unspecified atom stereocenters. The summed E-state index contributed by atoms with van der Waals surface area (Å²) in [6, 6.07) is 13.7. The fourth-order valence-electron chi connectivity index (χ4n) is 4.39. The van der Waals surface area contributed by atoms with Gasteiger partial charge in [0.2, 0.25) is 0 Å². The van der Waals surface area contributed by atoms with Crippen molar-refractivity contribution in [1.82, 2.24) is 21.0 Å². The molecule has 10 heteroatoms. The van der Waals surface area contributed by atoms with E-state index in [4.69, 9.17) is 9.47 Å². The van der Waals surface area contributed by atoms with E-state index in [1.807, 2.05) is 39.0 Å². The number of likely N-dealkylation sites (tertiary alicyclic amines) is 1. The zero-order valence-electron chi connectivity index (χ0n) is 23.7. The van der Waals surface area contributed by atoms with Gasteiger partial charge in [0.1, 0.15) is 17.4 Å². The monoisotopic (exact) mass is 539 g/mol. The molecule has 0 aliphatic carbocycles. The second-order valence-electron chi connectivity index (χ2n) is 11.7. The molecule has 3 amide bonds. The first-order valence-electron chi connectivity index (χ1n) is 13.3. The van der Waals surface area contributed by atoms with Gasteiger partial charge in [-0.1, -0.05) is 42.5 Å². The molecule has 2 aromatic carbocycles. The first-order valence-corrected chi connectivity index (χ1v) is 13.3. The number of hydrogen-bond donors (Lipinski definition) is 3. The summed E-state index contributed by atoms with van der Waals surface area (Å²) >= 11 is 0. The van der Waals surface area contributed by atoms with E-state index >= 15 is 0 Å². The molecule has 1 atom stereocenters. The first-order chi connectivity index (χ1) is 18.3. The van der Waals surface area contributed by atoms with Crippen LogP contribution < -0.4 is 16.1 Å². The molecule has 3 rings (SSSR count). The van der Waals surface area contributed by atoms with Gasteiger partial charge in [0.05, 0.1) is 6.17 Å². The van der Waals surface area contributed by atoms with Crippen molar-refractivity contribution < 1.29 is 23.9 Å². The van der Waals surface area contributed by atoms with E-state index in [9.17, 15) is 14.4 Å². The Bertz CT molecular complexity index is 1170. The number of carbonyl (C=O) groups excluding carboxylic acids is 3. The lowest BCUT2D eigenvalue weighted by atomic mass is 9.93. The number of rotatable bonds is 7. The Labute approximate surface area is 230 Å². The molecule has 1 aliphatic rings. The molecule has 0 bridgehead atoms. The lowest BCUT2D eigenvalue weighted by Crippen LogP contribution is -2.55. The number of nitrogens with one attached hydrogen (secondary N) is 3. The van der Waals surface area contributed by atoms with Gasteiger partial charge in [0.15, 0.2) is 0 Å². The highest BCUT2D eigenvalue weighted by Gasteiger charge is 2.31. The summed E-state index contributed by atoms with van der Waals surface area (Å²) in [6.45, 7) is 12.4. The molecule has 2 aromatic rings. The van der Waals surface area contributed by atoms with Crippen LogP contribution in [0.5, 0.6) is 0 Å². The molecule has 0 aromatic heterocycles. The predicted octanol–water partition coefficient (Wildman–Crippen LogP) is 4.53. The summed E-state index contributed by atoms with van der Waals surface area (Å²) in [7, 11) is 0. The quantitative estimate of drug-likeness (QED) is 0.206. The minimum atomic E-state index is -0.657. The minimum absolute atomic E-state index is 0.0549. The van der Waals surface area contributed by atoms with Crippen LogP contribution in [0.1, 0.15) is 59.9 Å². The summed E-state index contributed by atoms with van der Waals surface area (Å²) in [5, 5.41) is 12.4. The fourth-order valence-corrected chi connectivity index (χ4v) is 4.39. The van der Waals surface area contributed by atoms with Crippen molar-refractivity contribution in [2.45, 2.75) is 78.3 Å². The molecule has 0 saturated carbocycles. The van der Waals surface area contributed by atoms with Crippen LogP contribution in [0, 0.1) is 5.92 Å². The van der Waals surface area contributed by atoms with Crippen molar-refractivity contribution >= 4 is 35.1 Å². The van der Waals surface area contributed by atoms with Gasteiger partial charge in [-0.05, 0) is 76.6 Å². The van der Waals surface area contributed by atoms with Gasteiger partial charge in [-0.15, -0.1) is 0 Å². The molecule has 3 N–H and O–H groups in total. The predicted molar refractivity (Wildman–Crippen MR) is 151 cm³/mol. The van der Waals surface area contributed by atoms with Crippen LogP contribution in [0.2, 0.25) is 0 Å². The number of amides is 3. The first kappa shape index (κ1) is 29.9. The van der Waals surface area contributed by atoms with Crippen LogP contribution in [0.25, 0.3) is 10.8 Å². The molecule has 212 valence electrons. The van der Waals surface area contributed by atoms with E-state index in [0.717, 1.165) is 22.6 Å². The third-order valence-electron chi connectivity index (χ3n) is 6.08.